The molecule has 0 spiro atoms. The van der Waals surface area contributed by atoms with E-state index in [-0.39, 0.29) is 20.1 Å². The molecule has 35 heavy (non-hydrogen) atoms. The largest absolute Gasteiger partial charge is 0.416 e. The minimum atomic E-state index is -4.35. The first kappa shape index (κ1) is 25.1. The molecule has 1 aromatic heterocycles. The zero-order chi connectivity index (χ0) is 24.2. The van der Waals surface area contributed by atoms with Crippen molar-refractivity contribution in [3.05, 3.63) is 101 Å². The van der Waals surface area contributed by atoms with E-state index < -0.39 is 11.7 Å². The van der Waals surface area contributed by atoms with Gasteiger partial charge in [0.05, 0.1) is 5.56 Å². The molecule has 5 rings (SSSR count). The molecule has 0 fully saturated rings. The fraction of sp³-hybridized carbons (Fsp3) is 0.167. The van der Waals surface area contributed by atoms with Crippen molar-refractivity contribution in [1.29, 1.82) is 0 Å². The van der Waals surface area contributed by atoms with Crippen LogP contribution in [-0.2, 0) is 26.3 Å². The Labute approximate surface area is 216 Å². The molecule has 1 heterocycles. The Bertz CT molecular complexity index is 1540. The fourth-order valence-corrected chi connectivity index (χ4v) is 4.97. The van der Waals surface area contributed by atoms with Crippen molar-refractivity contribution in [1.82, 2.24) is 4.98 Å². The molecule has 0 N–H and O–H groups in total. The van der Waals surface area contributed by atoms with Crippen molar-refractivity contribution < 1.29 is 33.3 Å². The van der Waals surface area contributed by atoms with Gasteiger partial charge in [-0.15, -0.1) is 34.9 Å². The molecule has 0 unspecified atom stereocenters. The molecule has 0 aliphatic heterocycles. The Morgan fingerprint density at radius 2 is 1.43 bits per heavy atom. The Morgan fingerprint density at radius 3 is 2.09 bits per heavy atom. The van der Waals surface area contributed by atoms with Gasteiger partial charge in [-0.05, 0) is 87.6 Å². The molecule has 179 valence electrons. The van der Waals surface area contributed by atoms with Crippen molar-refractivity contribution in [3.8, 4) is 22.4 Å². The van der Waals surface area contributed by atoms with Crippen LogP contribution in [0.15, 0.2) is 66.9 Å². The van der Waals surface area contributed by atoms with Crippen LogP contribution in [0.4, 0.5) is 13.2 Å². The predicted molar refractivity (Wildman–Crippen MR) is 133 cm³/mol. The zero-order valence-corrected chi connectivity index (χ0v) is 22.2. The van der Waals surface area contributed by atoms with Crippen molar-refractivity contribution in [3.63, 3.8) is 0 Å². The van der Waals surface area contributed by atoms with Gasteiger partial charge in [-0.3, -0.25) is 0 Å². The Morgan fingerprint density at radius 1 is 0.743 bits per heavy atom. The number of fused-ring (bicyclic) bond motifs is 3. The molecule has 5 heteroatoms. The number of pyridine rings is 1. The van der Waals surface area contributed by atoms with Gasteiger partial charge in [-0.1, -0.05) is 38.1 Å². The third kappa shape index (κ3) is 4.63. The van der Waals surface area contributed by atoms with Gasteiger partial charge >= 0.3 is 6.18 Å². The first-order valence-corrected chi connectivity index (χ1v) is 11.1. The maximum absolute atomic E-state index is 13.2. The second-order valence-corrected chi connectivity index (χ2v) is 8.99. The van der Waals surface area contributed by atoms with Gasteiger partial charge in [0.1, 0.15) is 0 Å². The van der Waals surface area contributed by atoms with Gasteiger partial charge in [0, 0.05) is 26.3 Å². The SMILES string of the molecule is Cc1[c-]c(-c2nccc3c2ccc2cc(-c4c(C)cc(C(F)(F)F)cc4C)ccc23)cc(C)c1.[Ir]. The van der Waals surface area contributed by atoms with Gasteiger partial charge in [-0.2, -0.15) is 13.2 Å². The van der Waals surface area contributed by atoms with Gasteiger partial charge in [0.2, 0.25) is 0 Å². The number of rotatable bonds is 2. The second-order valence-electron chi connectivity index (χ2n) is 8.99. The Hall–Kier alpha value is -3.01. The molecule has 0 saturated carbocycles. The minimum absolute atomic E-state index is 0. The Balaban J connectivity index is 0.00000289. The third-order valence-corrected chi connectivity index (χ3v) is 6.31. The quantitative estimate of drug-likeness (QED) is 0.138. The van der Waals surface area contributed by atoms with Crippen molar-refractivity contribution in [2.24, 2.45) is 0 Å². The standard InChI is InChI=1S/C30H23F3N.Ir/c1-17-11-18(2)13-23(12-17)29-27-8-5-21-16-22(6-7-25(21)26(27)9-10-34-29)28-19(3)14-24(15-20(28)4)30(31,32)33;/h5-12,14-16H,1-4H3;/q-1;. The van der Waals surface area contributed by atoms with Crippen LogP contribution in [0.3, 0.4) is 0 Å². The molecule has 0 aliphatic rings. The maximum Gasteiger partial charge on any atom is 0.416 e. The topological polar surface area (TPSA) is 12.9 Å². The van der Waals surface area contributed by atoms with E-state index >= 15 is 0 Å². The van der Waals surface area contributed by atoms with Crippen LogP contribution in [0.2, 0.25) is 0 Å². The van der Waals surface area contributed by atoms with E-state index in [1.54, 1.807) is 13.8 Å². The summed E-state index contributed by atoms with van der Waals surface area (Å²) in [6, 6.07) is 22.3. The van der Waals surface area contributed by atoms with Crippen molar-refractivity contribution in [2.75, 3.05) is 0 Å². The van der Waals surface area contributed by atoms with E-state index in [0.717, 1.165) is 55.1 Å². The molecule has 0 bridgehead atoms. The van der Waals surface area contributed by atoms with E-state index in [4.69, 9.17) is 0 Å². The monoisotopic (exact) mass is 647 g/mol. The Kier molecular flexibility index (Phi) is 6.61. The van der Waals surface area contributed by atoms with Gasteiger partial charge in [0.15, 0.2) is 0 Å². The summed E-state index contributed by atoms with van der Waals surface area (Å²) in [4.78, 5) is 4.66. The van der Waals surface area contributed by atoms with Crippen LogP contribution >= 0.6 is 0 Å². The number of halogens is 3. The van der Waals surface area contributed by atoms with Gasteiger partial charge in [0.25, 0.3) is 0 Å². The number of alkyl halides is 3. The molecule has 0 aliphatic carbocycles. The van der Waals surface area contributed by atoms with E-state index in [1.165, 1.54) is 12.1 Å². The van der Waals surface area contributed by atoms with Crippen LogP contribution in [0.1, 0.15) is 27.8 Å². The summed E-state index contributed by atoms with van der Waals surface area (Å²) in [5.74, 6) is 0. The van der Waals surface area contributed by atoms with Crippen LogP contribution in [0.25, 0.3) is 43.9 Å². The first-order chi connectivity index (χ1) is 16.1. The van der Waals surface area contributed by atoms with E-state index in [0.29, 0.717) is 11.1 Å². The fourth-order valence-electron chi connectivity index (χ4n) is 4.97. The predicted octanol–water partition coefficient (Wildman–Crippen LogP) is 8.77. The number of hydrogen-bond acceptors (Lipinski definition) is 1. The van der Waals surface area contributed by atoms with Gasteiger partial charge in [-0.25, -0.2) is 0 Å². The smallest absolute Gasteiger partial charge is 0.304 e. The maximum atomic E-state index is 13.2. The van der Waals surface area contributed by atoms with Crippen LogP contribution in [-0.4, -0.2) is 4.98 Å². The second kappa shape index (κ2) is 9.22. The molecule has 0 atom stereocenters. The van der Waals surface area contributed by atoms with Crippen LogP contribution < -0.4 is 0 Å². The number of nitrogens with zero attached hydrogens (tertiary/aromatic N) is 1. The first-order valence-electron chi connectivity index (χ1n) is 11.1. The molecule has 0 amide bonds. The molecule has 5 aromatic rings. The summed E-state index contributed by atoms with van der Waals surface area (Å²) in [5.41, 5.74) is 6.47. The van der Waals surface area contributed by atoms with E-state index in [2.05, 4.69) is 54.4 Å². The summed E-state index contributed by atoms with van der Waals surface area (Å²) in [5, 5.41) is 4.25. The summed E-state index contributed by atoms with van der Waals surface area (Å²) < 4.78 is 39.7. The summed E-state index contributed by atoms with van der Waals surface area (Å²) in [7, 11) is 0. The molecule has 4 aromatic carbocycles. The van der Waals surface area contributed by atoms with Crippen molar-refractivity contribution in [2.45, 2.75) is 33.9 Å². The normalized spacial score (nSPS) is 11.6. The summed E-state index contributed by atoms with van der Waals surface area (Å²) >= 11 is 0. The zero-order valence-electron chi connectivity index (χ0n) is 19.8. The number of aromatic nitrogens is 1. The average molecular weight is 647 g/mol. The van der Waals surface area contributed by atoms with Gasteiger partial charge < -0.3 is 4.98 Å². The number of hydrogen-bond donors (Lipinski definition) is 0. The minimum Gasteiger partial charge on any atom is -0.304 e. The molecular formula is C30H23F3IrN-. The van der Waals surface area contributed by atoms with E-state index in [9.17, 15) is 13.2 Å². The summed E-state index contributed by atoms with van der Waals surface area (Å²) in [6.45, 7) is 7.57. The average Bonchev–Trinajstić information content (AvgIpc) is 2.76. The molecule has 0 saturated heterocycles. The van der Waals surface area contributed by atoms with Crippen molar-refractivity contribution >= 4 is 21.5 Å². The number of benzene rings is 4. The molecular weight excluding hydrogens is 624 g/mol. The van der Waals surface area contributed by atoms with Crippen LogP contribution in [0.5, 0.6) is 0 Å². The summed E-state index contributed by atoms with van der Waals surface area (Å²) in [6.07, 6.45) is -2.53. The third-order valence-electron chi connectivity index (χ3n) is 6.31. The van der Waals surface area contributed by atoms with E-state index in [1.807, 2.05) is 25.3 Å². The molecule has 1 nitrogen and oxygen atoms in total. The number of aryl methyl sites for hydroxylation is 4. The van der Waals surface area contributed by atoms with Crippen LogP contribution in [0, 0.1) is 33.8 Å². The molecule has 1 radical (unpaired) electrons.